The van der Waals surface area contributed by atoms with E-state index in [9.17, 15) is 19.2 Å². The van der Waals surface area contributed by atoms with Crippen molar-refractivity contribution in [1.29, 1.82) is 0 Å². The van der Waals surface area contributed by atoms with E-state index in [0.717, 1.165) is 191 Å². The van der Waals surface area contributed by atoms with Crippen LogP contribution < -0.4 is 71.1 Å². The zero-order valence-electron chi connectivity index (χ0n) is 86.8. The lowest BCUT2D eigenvalue weighted by atomic mass is 10.1. The molecule has 0 saturated carbocycles. The SMILES string of the molecule is CC.CC.CC1=C(C(=O)Nc2ccc3[nH]nc(-c4cc(N5CCN(C)[C@@H](C)C5)ncn4)c3c2)Cn2nnnc2N1C.CC1=C(C(=O)Nc2ccc3[nH]nc(-c4cc(N5CCN(C)[C@H](C)C5)ncn4)c3c2)Cn2nnnc2N1C.CC1=C(C(=O)Nc2ccc3[nH]nc(-c4cc(N5CCN[C@@H](C)C5)ncn4)c3c2)Cn2nnnc2N1C.CC1=C(C(=O)Nc2ccc3[nH]nc(-c4cc(N5CCN[C@H](C)C5)ncn4)c3c2)Cn2nnnc2N1C. The van der Waals surface area contributed by atoms with Crippen LogP contribution in [0.25, 0.3) is 89.2 Å². The summed E-state index contributed by atoms with van der Waals surface area (Å²) in [5.74, 6) is 5.12. The Labute approximate surface area is 861 Å². The molecular formula is C98H120N48O4. The summed E-state index contributed by atoms with van der Waals surface area (Å²) >= 11 is 0. The Morgan fingerprint density at radius 3 is 0.800 bits per heavy atom. The van der Waals surface area contributed by atoms with Crippen LogP contribution in [-0.4, -0.2) is 340 Å². The summed E-state index contributed by atoms with van der Waals surface area (Å²) in [7, 11) is 11.6. The number of carbonyl (C=O) groups is 4. The molecule has 8 aliphatic rings. The van der Waals surface area contributed by atoms with Gasteiger partial charge in [0.2, 0.25) is 23.8 Å². The number of benzene rings is 4. The molecule has 0 spiro atoms. The van der Waals surface area contributed by atoms with E-state index >= 15 is 0 Å². The molecule has 20 heterocycles. The third kappa shape index (κ3) is 20.8. The topological polar surface area (TPSA) is 565 Å². The molecule has 8 aliphatic heterocycles. The average Bonchev–Trinajstić information content (AvgIpc) is 1.61. The van der Waals surface area contributed by atoms with Gasteiger partial charge < -0.3 is 80.9 Å². The van der Waals surface area contributed by atoms with Crippen LogP contribution in [0.1, 0.15) is 83.1 Å². The van der Waals surface area contributed by atoms with E-state index in [1.165, 1.54) is 0 Å². The number of aromatic nitrogens is 32. The minimum atomic E-state index is -0.206. The molecule has 4 fully saturated rings. The van der Waals surface area contributed by atoms with E-state index in [4.69, 9.17) is 0 Å². The maximum Gasteiger partial charge on any atom is 0.255 e. The van der Waals surface area contributed by atoms with E-state index in [0.29, 0.717) is 142 Å². The number of rotatable bonds is 16. The van der Waals surface area contributed by atoms with Crippen LogP contribution in [0.15, 0.2) is 167 Å². The second kappa shape index (κ2) is 43.6. The predicted octanol–water partition coefficient (Wildman–Crippen LogP) is 7.40. The molecule has 52 nitrogen and oxygen atoms in total. The lowest BCUT2D eigenvalue weighted by molar-refractivity contribution is -0.114. The Kier molecular flexibility index (Phi) is 29.4. The highest BCUT2D eigenvalue weighted by atomic mass is 16.2. The average molecular weight is 2030 g/mol. The minimum Gasteiger partial charge on any atom is -0.354 e. The maximum absolute atomic E-state index is 13.2. The van der Waals surface area contributed by atoms with Gasteiger partial charge in [-0.15, -0.1) is 0 Å². The number of H-pyrrole nitrogens is 4. The van der Waals surface area contributed by atoms with Crippen LogP contribution in [0.3, 0.4) is 0 Å². The number of nitrogens with zero attached hydrogens (tertiary/aromatic N) is 38. The van der Waals surface area contributed by atoms with Crippen LogP contribution in [-0.2, 0) is 45.4 Å². The van der Waals surface area contributed by atoms with Crippen molar-refractivity contribution in [3.05, 3.63) is 167 Å². The molecule has 4 amide bonds. The Bertz CT molecular complexity index is 7370. The molecule has 10 N–H and O–H groups in total. The van der Waals surface area contributed by atoms with Crippen molar-refractivity contribution in [1.82, 2.24) is 182 Å². The lowest BCUT2D eigenvalue weighted by Crippen LogP contribution is -2.50. The van der Waals surface area contributed by atoms with Crippen molar-refractivity contribution in [2.45, 2.75) is 133 Å². The summed E-state index contributed by atoms with van der Waals surface area (Å²) < 4.78 is 6.41. The Hall–Kier alpha value is -17.6. The number of hydrogen-bond acceptors (Lipinski definition) is 40. The van der Waals surface area contributed by atoms with Crippen LogP contribution in [0.4, 0.5) is 69.8 Å². The number of allylic oxidation sites excluding steroid dienone is 4. The number of piperazine rings is 4. The van der Waals surface area contributed by atoms with Gasteiger partial charge >= 0.3 is 0 Å². The molecule has 52 heteroatoms. The molecular weight excluding hydrogens is 1910 g/mol. The normalized spacial score (nSPS) is 17.8. The third-order valence-corrected chi connectivity index (χ3v) is 28.2. The number of carbonyl (C=O) groups excluding carboxylic acids is 4. The highest BCUT2D eigenvalue weighted by molar-refractivity contribution is 6.10. The van der Waals surface area contributed by atoms with E-state index in [1.807, 2.05) is 200 Å². The Morgan fingerprint density at radius 1 is 0.313 bits per heavy atom. The van der Waals surface area contributed by atoms with Crippen LogP contribution in [0, 0.1) is 0 Å². The van der Waals surface area contributed by atoms with E-state index < -0.39 is 0 Å². The monoisotopic (exact) mass is 2030 g/mol. The molecule has 12 aromatic heterocycles. The standard InChI is InChI=1S/2C24H28N12O.2C23H26N12O.2C2H6/c2*1-14-11-35(8-7-33(14)3)21-10-20(25-13-26-21)22-17-9-16(5-6-19(17)28-29-22)27-23(37)18-12-36-24(30-31-32-36)34(4)15(18)2;2*1-13-10-34(7-6-24-13)20-9-19(25-12-26-20)21-16-8-15(4-5-18(16)28-29-21)27-22(36)17-11-35-23(30-31-32-35)33(3)14(17)2;2*1-2/h2*5-6,9-10,13-14H,7-8,11-12H2,1-4H3,(H,27,37)(H,28,29);2*4-5,8-9,12-13,24H,6-7,10-11H2,1-3H3,(H,27,36)(H,28,29);2*1-2H3/t2*14-;2*13-;;/m1010../s1. The highest BCUT2D eigenvalue weighted by Crippen LogP contribution is 2.38. The van der Waals surface area contributed by atoms with Crippen LogP contribution in [0.2, 0.25) is 0 Å². The van der Waals surface area contributed by atoms with Gasteiger partial charge in [0.1, 0.15) is 71.4 Å². The van der Waals surface area contributed by atoms with Crippen LogP contribution >= 0.6 is 0 Å². The Morgan fingerprint density at radius 2 is 0.560 bits per heavy atom. The summed E-state index contributed by atoms with van der Waals surface area (Å²) in [6.45, 7) is 36.5. The number of nitrogens with one attached hydrogen (secondary N) is 10. The molecule has 0 aliphatic carbocycles. The number of anilines is 12. The summed E-state index contributed by atoms with van der Waals surface area (Å²) in [5.41, 5.74) is 17.4. The fourth-order valence-corrected chi connectivity index (χ4v) is 18.9. The van der Waals surface area contributed by atoms with Gasteiger partial charge in [0.05, 0.1) is 93.3 Å². The molecule has 4 aromatic carbocycles. The Balaban J connectivity index is 0.000000124. The number of amides is 4. The zero-order valence-corrected chi connectivity index (χ0v) is 86.8. The summed E-state index contributed by atoms with van der Waals surface area (Å²) in [4.78, 5) is 110. The fourth-order valence-electron chi connectivity index (χ4n) is 18.9. The van der Waals surface area contributed by atoms with Crippen molar-refractivity contribution in [2.24, 2.45) is 0 Å². The first kappa shape index (κ1) is 101. The first-order valence-corrected chi connectivity index (χ1v) is 49.9. The smallest absolute Gasteiger partial charge is 0.255 e. The molecule has 776 valence electrons. The summed E-state index contributed by atoms with van der Waals surface area (Å²) in [6.07, 6.45) is 6.32. The van der Waals surface area contributed by atoms with Crippen molar-refractivity contribution in [3.63, 3.8) is 0 Å². The maximum atomic E-state index is 13.2. The van der Waals surface area contributed by atoms with E-state index in [1.54, 1.807) is 44.0 Å². The first-order valence-electron chi connectivity index (χ1n) is 49.9. The number of fused-ring (bicyclic) bond motifs is 8. The predicted molar refractivity (Wildman–Crippen MR) is 569 cm³/mol. The van der Waals surface area contributed by atoms with Crippen molar-refractivity contribution >= 4 is 137 Å². The second-order valence-corrected chi connectivity index (χ2v) is 37.4. The third-order valence-electron chi connectivity index (χ3n) is 28.2. The van der Waals surface area contributed by atoms with E-state index in [2.05, 4.69) is 246 Å². The molecule has 150 heavy (non-hydrogen) atoms. The second-order valence-electron chi connectivity index (χ2n) is 37.4. The number of tetrazole rings is 4. The van der Waals surface area contributed by atoms with E-state index in [-0.39, 0.29) is 23.6 Å². The van der Waals surface area contributed by atoms with Gasteiger partial charge in [-0.05, 0) is 184 Å². The van der Waals surface area contributed by atoms with Crippen LogP contribution in [0.5, 0.6) is 0 Å². The summed E-state index contributed by atoms with van der Waals surface area (Å²) in [5, 5.41) is 99.6. The minimum absolute atomic E-state index is 0.205. The van der Waals surface area contributed by atoms with Crippen molar-refractivity contribution in [2.75, 3.05) is 181 Å². The summed E-state index contributed by atoms with van der Waals surface area (Å²) in [6, 6.07) is 32.2. The highest BCUT2D eigenvalue weighted by Gasteiger charge is 2.35. The van der Waals surface area contributed by atoms with Gasteiger partial charge in [0.15, 0.2) is 0 Å². The first-order chi connectivity index (χ1) is 72.7. The molecule has 0 bridgehead atoms. The van der Waals surface area contributed by atoms with Gasteiger partial charge in [-0.3, -0.25) is 39.6 Å². The van der Waals surface area contributed by atoms with Gasteiger partial charge in [-0.1, -0.05) is 48.1 Å². The van der Waals surface area contributed by atoms with Gasteiger partial charge in [0.25, 0.3) is 23.6 Å². The molecule has 0 radical (unpaired) electrons. The fraction of sp³-hybridized carbons (Fsp3) is 0.388. The number of hydrogen-bond donors (Lipinski definition) is 10. The van der Waals surface area contributed by atoms with Gasteiger partial charge in [-0.25, -0.2) is 58.6 Å². The molecule has 16 aromatic rings. The van der Waals surface area contributed by atoms with Gasteiger partial charge in [-0.2, -0.15) is 20.4 Å². The van der Waals surface area contributed by atoms with Gasteiger partial charge in [0, 0.05) is 222 Å². The van der Waals surface area contributed by atoms with Crippen molar-refractivity contribution in [3.8, 4) is 45.6 Å². The van der Waals surface area contributed by atoms with Crippen molar-refractivity contribution < 1.29 is 19.2 Å². The molecule has 24 rings (SSSR count). The quantitative estimate of drug-likeness (QED) is 0.0450. The number of aromatic amines is 4. The molecule has 4 atom stereocenters. The number of likely N-dealkylation sites (N-methyl/N-ethyl adjacent to an activating group) is 2. The lowest BCUT2D eigenvalue weighted by Gasteiger charge is -2.38. The zero-order chi connectivity index (χ0) is 105. The largest absolute Gasteiger partial charge is 0.354 e. The molecule has 4 saturated heterocycles. The molecule has 0 unspecified atom stereocenters.